The Morgan fingerprint density at radius 1 is 1.04 bits per heavy atom. The molecule has 1 aromatic heterocycles. The smallest absolute Gasteiger partial charge is 0.193 e. The van der Waals surface area contributed by atoms with Crippen molar-refractivity contribution in [2.75, 3.05) is 13.1 Å². The molecule has 2 heterocycles. The lowest BCUT2D eigenvalue weighted by molar-refractivity contribution is 0.103. The van der Waals surface area contributed by atoms with E-state index in [0.29, 0.717) is 22.1 Å². The zero-order valence-corrected chi connectivity index (χ0v) is 13.9. The molecule has 2 aromatic carbocycles. The second-order valence-electron chi connectivity index (χ2n) is 6.23. The first kappa shape index (κ1) is 15.4. The number of benzene rings is 2. The molecule has 1 aliphatic rings. The van der Waals surface area contributed by atoms with E-state index >= 15 is 0 Å². The lowest BCUT2D eigenvalue weighted by Gasteiger charge is -2.21. The van der Waals surface area contributed by atoms with Gasteiger partial charge < -0.3 is 5.32 Å². The molecule has 5 heteroatoms. The molecule has 0 spiro atoms. The number of fused-ring (bicyclic) bond motifs is 1. The van der Waals surface area contributed by atoms with Gasteiger partial charge in [-0.05, 0) is 68.4 Å². The van der Waals surface area contributed by atoms with Crippen LogP contribution in [0.4, 0.5) is 0 Å². The van der Waals surface area contributed by atoms with Gasteiger partial charge in [-0.25, -0.2) is 0 Å². The summed E-state index contributed by atoms with van der Waals surface area (Å²) in [5.74, 6) is 0.451. The highest BCUT2D eigenvalue weighted by molar-refractivity contribution is 6.30. The van der Waals surface area contributed by atoms with Gasteiger partial charge in [-0.2, -0.15) is 5.10 Å². The molecule has 4 nitrogen and oxygen atoms in total. The summed E-state index contributed by atoms with van der Waals surface area (Å²) < 4.78 is 0. The number of halogens is 1. The highest BCUT2D eigenvalue weighted by atomic mass is 35.5. The summed E-state index contributed by atoms with van der Waals surface area (Å²) in [5.41, 5.74) is 3.39. The Hall–Kier alpha value is -2.17. The molecule has 0 saturated carbocycles. The molecule has 24 heavy (non-hydrogen) atoms. The topological polar surface area (TPSA) is 57.8 Å². The Labute approximate surface area is 145 Å². The number of nitrogens with zero attached hydrogens (tertiary/aromatic N) is 1. The number of aromatic nitrogens is 2. The fraction of sp³-hybridized carbons (Fsp3) is 0.263. The average Bonchev–Trinajstić information content (AvgIpc) is 3.05. The first-order valence-electron chi connectivity index (χ1n) is 8.21. The molecule has 0 unspecified atom stereocenters. The van der Waals surface area contributed by atoms with Crippen LogP contribution >= 0.6 is 11.6 Å². The zero-order chi connectivity index (χ0) is 16.5. The van der Waals surface area contributed by atoms with Crippen LogP contribution in [0.15, 0.2) is 42.5 Å². The van der Waals surface area contributed by atoms with E-state index in [0.717, 1.165) is 42.5 Å². The van der Waals surface area contributed by atoms with Crippen molar-refractivity contribution in [3.05, 3.63) is 64.3 Å². The van der Waals surface area contributed by atoms with Crippen molar-refractivity contribution in [2.24, 2.45) is 0 Å². The maximum Gasteiger partial charge on any atom is 0.193 e. The lowest BCUT2D eigenvalue weighted by atomic mass is 9.91. The van der Waals surface area contributed by atoms with Crippen molar-refractivity contribution in [3.63, 3.8) is 0 Å². The van der Waals surface area contributed by atoms with E-state index in [9.17, 15) is 4.79 Å². The minimum absolute atomic E-state index is 0.00558. The Balaban J connectivity index is 1.71. The molecule has 1 fully saturated rings. The fourth-order valence-electron chi connectivity index (χ4n) is 3.35. The van der Waals surface area contributed by atoms with Gasteiger partial charge in [0, 0.05) is 27.5 Å². The molecule has 3 aromatic rings. The van der Waals surface area contributed by atoms with E-state index in [-0.39, 0.29) is 5.78 Å². The average molecular weight is 340 g/mol. The monoisotopic (exact) mass is 339 g/mol. The van der Waals surface area contributed by atoms with Crippen LogP contribution in [0.5, 0.6) is 0 Å². The Bertz CT molecular complexity index is 879. The number of piperidine rings is 1. The molecule has 4 rings (SSSR count). The summed E-state index contributed by atoms with van der Waals surface area (Å²) in [5, 5.41) is 12.7. The molecular weight excluding hydrogens is 322 g/mol. The normalized spacial score (nSPS) is 15.7. The van der Waals surface area contributed by atoms with Crippen molar-refractivity contribution < 1.29 is 4.79 Å². The van der Waals surface area contributed by atoms with E-state index in [1.807, 2.05) is 18.2 Å². The van der Waals surface area contributed by atoms with Crippen LogP contribution in [0.25, 0.3) is 10.9 Å². The second kappa shape index (κ2) is 6.38. The molecule has 0 radical (unpaired) electrons. The number of H-pyrrole nitrogens is 1. The third-order valence-electron chi connectivity index (χ3n) is 4.69. The van der Waals surface area contributed by atoms with Crippen LogP contribution in [-0.2, 0) is 0 Å². The van der Waals surface area contributed by atoms with Gasteiger partial charge in [-0.3, -0.25) is 9.89 Å². The van der Waals surface area contributed by atoms with Gasteiger partial charge in [0.1, 0.15) is 0 Å². The van der Waals surface area contributed by atoms with Gasteiger partial charge in [-0.1, -0.05) is 11.6 Å². The van der Waals surface area contributed by atoms with Crippen molar-refractivity contribution in [2.45, 2.75) is 18.8 Å². The summed E-state index contributed by atoms with van der Waals surface area (Å²) >= 11 is 5.90. The first-order valence-corrected chi connectivity index (χ1v) is 8.59. The number of ketones is 1. The minimum atomic E-state index is 0.00558. The van der Waals surface area contributed by atoms with E-state index in [4.69, 9.17) is 11.6 Å². The Morgan fingerprint density at radius 2 is 1.75 bits per heavy atom. The van der Waals surface area contributed by atoms with Crippen molar-refractivity contribution in [3.8, 4) is 0 Å². The summed E-state index contributed by atoms with van der Waals surface area (Å²) in [7, 11) is 0. The molecule has 0 bridgehead atoms. The molecule has 0 atom stereocenters. The van der Waals surface area contributed by atoms with Gasteiger partial charge in [0.25, 0.3) is 0 Å². The van der Waals surface area contributed by atoms with Crippen LogP contribution in [-0.4, -0.2) is 29.1 Å². The molecule has 2 N–H and O–H groups in total. The molecule has 122 valence electrons. The zero-order valence-electron chi connectivity index (χ0n) is 13.2. The second-order valence-corrected chi connectivity index (χ2v) is 6.67. The Kier molecular flexibility index (Phi) is 4.08. The molecule has 0 aliphatic carbocycles. The maximum atomic E-state index is 12.7. The molecular formula is C19H18ClN3O. The standard InChI is InChI=1S/C19H18ClN3O/c20-15-4-1-13(2-5-15)19(24)14-3-6-17-16(11-14)18(23-22-17)12-7-9-21-10-8-12/h1-6,11-12,21H,7-10H2,(H,22,23). The number of carbonyl (C=O) groups is 1. The first-order chi connectivity index (χ1) is 11.7. The number of rotatable bonds is 3. The fourth-order valence-corrected chi connectivity index (χ4v) is 3.48. The van der Waals surface area contributed by atoms with Crippen molar-refractivity contribution in [1.82, 2.24) is 15.5 Å². The van der Waals surface area contributed by atoms with Crippen molar-refractivity contribution >= 4 is 28.3 Å². The van der Waals surface area contributed by atoms with E-state index in [2.05, 4.69) is 15.5 Å². The number of nitrogens with one attached hydrogen (secondary N) is 2. The van der Waals surface area contributed by atoms with Gasteiger partial charge in [0.05, 0.1) is 11.2 Å². The summed E-state index contributed by atoms with van der Waals surface area (Å²) in [6, 6.07) is 12.8. The summed E-state index contributed by atoms with van der Waals surface area (Å²) in [6.07, 6.45) is 2.16. The van der Waals surface area contributed by atoms with Crippen LogP contribution in [0, 0.1) is 0 Å². The molecule has 1 saturated heterocycles. The highest BCUT2D eigenvalue weighted by Crippen LogP contribution is 2.30. The van der Waals surface area contributed by atoms with E-state index < -0.39 is 0 Å². The summed E-state index contributed by atoms with van der Waals surface area (Å²) in [4.78, 5) is 12.7. The van der Waals surface area contributed by atoms with Crippen LogP contribution < -0.4 is 5.32 Å². The molecule has 1 aliphatic heterocycles. The number of aromatic amines is 1. The third kappa shape index (κ3) is 2.83. The predicted octanol–water partition coefficient (Wildman–Crippen LogP) is 3.91. The summed E-state index contributed by atoms with van der Waals surface area (Å²) in [6.45, 7) is 2.03. The Morgan fingerprint density at radius 3 is 2.50 bits per heavy atom. The number of carbonyl (C=O) groups excluding carboxylic acids is 1. The number of hydrogen-bond donors (Lipinski definition) is 2. The predicted molar refractivity (Wildman–Crippen MR) is 95.8 cm³/mol. The number of hydrogen-bond acceptors (Lipinski definition) is 3. The largest absolute Gasteiger partial charge is 0.317 e. The third-order valence-corrected chi connectivity index (χ3v) is 4.94. The SMILES string of the molecule is O=C(c1ccc(Cl)cc1)c1ccc2[nH]nc(C3CCNCC3)c2c1. The van der Waals surface area contributed by atoms with E-state index in [1.54, 1.807) is 24.3 Å². The van der Waals surface area contributed by atoms with Gasteiger partial charge in [0.2, 0.25) is 0 Å². The lowest BCUT2D eigenvalue weighted by Crippen LogP contribution is -2.26. The van der Waals surface area contributed by atoms with Crippen LogP contribution in [0.3, 0.4) is 0 Å². The van der Waals surface area contributed by atoms with Gasteiger partial charge in [0.15, 0.2) is 5.78 Å². The maximum absolute atomic E-state index is 12.7. The molecule has 0 amide bonds. The highest BCUT2D eigenvalue weighted by Gasteiger charge is 2.21. The van der Waals surface area contributed by atoms with Crippen LogP contribution in [0.2, 0.25) is 5.02 Å². The van der Waals surface area contributed by atoms with Crippen molar-refractivity contribution in [1.29, 1.82) is 0 Å². The van der Waals surface area contributed by atoms with Gasteiger partial charge >= 0.3 is 0 Å². The van der Waals surface area contributed by atoms with Crippen LogP contribution in [0.1, 0.15) is 40.4 Å². The van der Waals surface area contributed by atoms with E-state index in [1.165, 1.54) is 0 Å². The minimum Gasteiger partial charge on any atom is -0.317 e. The van der Waals surface area contributed by atoms with Gasteiger partial charge in [-0.15, -0.1) is 0 Å². The quantitative estimate of drug-likeness (QED) is 0.711.